The van der Waals surface area contributed by atoms with Gasteiger partial charge in [-0.2, -0.15) is 5.10 Å². The maximum Gasteiger partial charge on any atom is 0.252 e. The number of anilines is 1. The second-order valence-electron chi connectivity index (χ2n) is 7.94. The van der Waals surface area contributed by atoms with E-state index in [4.69, 9.17) is 16.7 Å². The van der Waals surface area contributed by atoms with Gasteiger partial charge < -0.3 is 5.32 Å². The molecule has 0 aliphatic rings. The van der Waals surface area contributed by atoms with Crippen molar-refractivity contribution in [3.63, 3.8) is 0 Å². The number of nitrogens with one attached hydrogen (secondary N) is 1. The molecule has 164 valence electrons. The van der Waals surface area contributed by atoms with Crippen LogP contribution in [0.25, 0.3) is 16.7 Å². The Bertz CT molecular complexity index is 1380. The standard InChI is InChI=1S/C25H25ClN4O2/c1-5-18-13-23(32)29(14-22(31)27-21-8-6-7-20(26)16(21)3)25-24(18)17(4)28-30(25)19-11-9-15(2)10-12-19/h6-13H,5,14H2,1-4H3,(H,27,31). The van der Waals surface area contributed by atoms with E-state index in [9.17, 15) is 9.59 Å². The summed E-state index contributed by atoms with van der Waals surface area (Å²) in [7, 11) is 0. The van der Waals surface area contributed by atoms with Gasteiger partial charge >= 0.3 is 0 Å². The first-order valence-corrected chi connectivity index (χ1v) is 10.9. The maximum atomic E-state index is 13.1. The second-order valence-corrected chi connectivity index (χ2v) is 8.35. The summed E-state index contributed by atoms with van der Waals surface area (Å²) >= 11 is 6.18. The first-order valence-electron chi connectivity index (χ1n) is 10.5. The van der Waals surface area contributed by atoms with Gasteiger partial charge in [0.2, 0.25) is 5.91 Å². The third kappa shape index (κ3) is 3.94. The van der Waals surface area contributed by atoms with E-state index in [1.165, 1.54) is 4.57 Å². The van der Waals surface area contributed by atoms with Crippen molar-refractivity contribution in [1.82, 2.24) is 14.3 Å². The summed E-state index contributed by atoms with van der Waals surface area (Å²) in [5.74, 6) is -0.308. The van der Waals surface area contributed by atoms with Gasteiger partial charge in [0.1, 0.15) is 12.2 Å². The summed E-state index contributed by atoms with van der Waals surface area (Å²) in [5, 5.41) is 9.08. The molecule has 0 aliphatic carbocycles. The number of hydrogen-bond acceptors (Lipinski definition) is 3. The molecule has 0 saturated carbocycles. The van der Waals surface area contributed by atoms with Crippen LogP contribution in [0, 0.1) is 20.8 Å². The number of rotatable bonds is 5. The minimum atomic E-state index is -0.308. The molecule has 1 N–H and O–H groups in total. The summed E-state index contributed by atoms with van der Waals surface area (Å²) in [5.41, 5.74) is 5.49. The predicted octanol–water partition coefficient (Wildman–Crippen LogP) is 4.97. The number of aryl methyl sites for hydroxylation is 3. The average Bonchev–Trinajstić information content (AvgIpc) is 3.11. The quantitative estimate of drug-likeness (QED) is 0.468. The lowest BCUT2D eigenvalue weighted by molar-refractivity contribution is -0.116. The molecule has 2 aromatic heterocycles. The molecule has 0 radical (unpaired) electrons. The van der Waals surface area contributed by atoms with E-state index in [1.807, 2.05) is 52.0 Å². The molecule has 4 rings (SSSR count). The Morgan fingerprint density at radius 3 is 2.50 bits per heavy atom. The number of amides is 1. The fraction of sp³-hybridized carbons (Fsp3) is 0.240. The number of pyridine rings is 1. The van der Waals surface area contributed by atoms with Gasteiger partial charge in [-0.15, -0.1) is 0 Å². The van der Waals surface area contributed by atoms with Gasteiger partial charge in [0.25, 0.3) is 5.56 Å². The van der Waals surface area contributed by atoms with E-state index in [2.05, 4.69) is 5.32 Å². The Labute approximate surface area is 191 Å². The summed E-state index contributed by atoms with van der Waals surface area (Å²) in [6, 6.07) is 14.9. The van der Waals surface area contributed by atoms with Crippen LogP contribution in [0.15, 0.2) is 53.3 Å². The van der Waals surface area contributed by atoms with Crippen LogP contribution in [-0.2, 0) is 17.8 Å². The third-order valence-electron chi connectivity index (χ3n) is 5.68. The van der Waals surface area contributed by atoms with Crippen molar-refractivity contribution >= 4 is 34.2 Å². The Kier molecular flexibility index (Phi) is 5.89. The van der Waals surface area contributed by atoms with Gasteiger partial charge in [-0.05, 0) is 62.6 Å². The number of carbonyl (C=O) groups excluding carboxylic acids is 1. The van der Waals surface area contributed by atoms with Gasteiger partial charge in [0, 0.05) is 22.2 Å². The molecular weight excluding hydrogens is 424 g/mol. The predicted molar refractivity (Wildman–Crippen MR) is 129 cm³/mol. The second kappa shape index (κ2) is 8.63. The first kappa shape index (κ1) is 21.8. The number of aromatic nitrogens is 3. The van der Waals surface area contributed by atoms with E-state index < -0.39 is 0 Å². The molecule has 0 unspecified atom stereocenters. The highest BCUT2D eigenvalue weighted by Gasteiger charge is 2.20. The van der Waals surface area contributed by atoms with E-state index >= 15 is 0 Å². The fourth-order valence-corrected chi connectivity index (χ4v) is 4.09. The van der Waals surface area contributed by atoms with Crippen molar-refractivity contribution in [2.75, 3.05) is 5.32 Å². The molecule has 0 atom stereocenters. The van der Waals surface area contributed by atoms with Crippen LogP contribution in [0.5, 0.6) is 0 Å². The number of fused-ring (bicyclic) bond motifs is 1. The summed E-state index contributed by atoms with van der Waals surface area (Å²) < 4.78 is 3.24. The van der Waals surface area contributed by atoms with Crippen LogP contribution in [-0.4, -0.2) is 20.3 Å². The third-order valence-corrected chi connectivity index (χ3v) is 6.09. The zero-order valence-electron chi connectivity index (χ0n) is 18.6. The maximum absolute atomic E-state index is 13.1. The van der Waals surface area contributed by atoms with E-state index in [0.717, 1.165) is 33.5 Å². The Morgan fingerprint density at radius 1 is 1.09 bits per heavy atom. The van der Waals surface area contributed by atoms with Crippen molar-refractivity contribution in [3.8, 4) is 5.69 Å². The lowest BCUT2D eigenvalue weighted by atomic mass is 10.1. The van der Waals surface area contributed by atoms with Gasteiger partial charge in [-0.3, -0.25) is 14.2 Å². The number of nitrogens with zero attached hydrogens (tertiary/aromatic N) is 3. The van der Waals surface area contributed by atoms with Crippen LogP contribution in [0.4, 0.5) is 5.69 Å². The molecule has 0 fully saturated rings. The van der Waals surface area contributed by atoms with Crippen molar-refractivity contribution in [2.24, 2.45) is 0 Å². The molecular formula is C25H25ClN4O2. The Morgan fingerprint density at radius 2 is 1.81 bits per heavy atom. The van der Waals surface area contributed by atoms with Gasteiger partial charge in [-0.1, -0.05) is 42.3 Å². The zero-order chi connectivity index (χ0) is 23.0. The number of carbonyl (C=O) groups is 1. The van der Waals surface area contributed by atoms with Crippen molar-refractivity contribution in [3.05, 3.63) is 86.3 Å². The SMILES string of the molecule is CCc1cc(=O)n(CC(=O)Nc2cccc(Cl)c2C)c2c1c(C)nn2-c1ccc(C)cc1. The van der Waals surface area contributed by atoms with Crippen LogP contribution in [0.1, 0.15) is 29.3 Å². The molecule has 0 aliphatic heterocycles. The van der Waals surface area contributed by atoms with Crippen LogP contribution >= 0.6 is 11.6 Å². The molecule has 2 aromatic carbocycles. The molecule has 7 heteroatoms. The Balaban J connectivity index is 1.84. The van der Waals surface area contributed by atoms with E-state index in [-0.39, 0.29) is 18.0 Å². The zero-order valence-corrected chi connectivity index (χ0v) is 19.3. The topological polar surface area (TPSA) is 68.9 Å². The summed E-state index contributed by atoms with van der Waals surface area (Å²) in [4.78, 5) is 26.0. The van der Waals surface area contributed by atoms with Gasteiger partial charge in [0.05, 0.1) is 11.4 Å². The minimum Gasteiger partial charge on any atom is -0.324 e. The largest absolute Gasteiger partial charge is 0.324 e. The van der Waals surface area contributed by atoms with Crippen LogP contribution in [0.3, 0.4) is 0 Å². The molecule has 0 spiro atoms. The van der Waals surface area contributed by atoms with Crippen molar-refractivity contribution in [1.29, 1.82) is 0 Å². The number of benzene rings is 2. The van der Waals surface area contributed by atoms with E-state index in [1.54, 1.807) is 28.9 Å². The smallest absolute Gasteiger partial charge is 0.252 e. The molecule has 6 nitrogen and oxygen atoms in total. The summed E-state index contributed by atoms with van der Waals surface area (Å²) in [6.45, 7) is 7.66. The van der Waals surface area contributed by atoms with Gasteiger partial charge in [-0.25, -0.2) is 4.68 Å². The highest BCUT2D eigenvalue weighted by Crippen LogP contribution is 2.26. The average molecular weight is 449 g/mol. The highest BCUT2D eigenvalue weighted by molar-refractivity contribution is 6.31. The number of hydrogen-bond donors (Lipinski definition) is 1. The lowest BCUT2D eigenvalue weighted by Gasteiger charge is -2.14. The normalized spacial score (nSPS) is 11.2. The fourth-order valence-electron chi connectivity index (χ4n) is 3.92. The summed E-state index contributed by atoms with van der Waals surface area (Å²) in [6.07, 6.45) is 0.695. The monoisotopic (exact) mass is 448 g/mol. The van der Waals surface area contributed by atoms with Crippen molar-refractivity contribution < 1.29 is 4.79 Å². The van der Waals surface area contributed by atoms with Crippen LogP contribution < -0.4 is 10.9 Å². The van der Waals surface area contributed by atoms with Crippen LogP contribution in [0.2, 0.25) is 5.02 Å². The molecule has 0 bridgehead atoms. The molecule has 32 heavy (non-hydrogen) atoms. The van der Waals surface area contributed by atoms with Gasteiger partial charge in [0.15, 0.2) is 0 Å². The molecule has 4 aromatic rings. The first-order chi connectivity index (χ1) is 15.3. The molecule has 1 amide bonds. The van der Waals surface area contributed by atoms with E-state index in [0.29, 0.717) is 22.8 Å². The Hall–Kier alpha value is -3.38. The highest BCUT2D eigenvalue weighted by atomic mass is 35.5. The molecule has 2 heterocycles. The number of halogens is 1. The van der Waals surface area contributed by atoms with Crippen molar-refractivity contribution in [2.45, 2.75) is 40.7 Å². The minimum absolute atomic E-state index is 0.137. The lowest BCUT2D eigenvalue weighted by Crippen LogP contribution is -2.29. The molecule has 0 saturated heterocycles.